The lowest BCUT2D eigenvalue weighted by Gasteiger charge is -2.08. The van der Waals surface area contributed by atoms with E-state index in [1.54, 1.807) is 6.20 Å². The Bertz CT molecular complexity index is 474. The van der Waals surface area contributed by atoms with E-state index >= 15 is 0 Å². The van der Waals surface area contributed by atoms with E-state index in [-0.39, 0.29) is 6.01 Å². The monoisotopic (exact) mass is 232 g/mol. The second kappa shape index (κ2) is 4.91. The van der Waals surface area contributed by atoms with Crippen LogP contribution in [0.25, 0.3) is 11.3 Å². The SMILES string of the molecule is CC(C)COc1ccc(-c2cnc(N)o2)cc1. The van der Waals surface area contributed by atoms with Crippen LogP contribution in [0.2, 0.25) is 0 Å². The molecule has 17 heavy (non-hydrogen) atoms. The van der Waals surface area contributed by atoms with E-state index in [2.05, 4.69) is 18.8 Å². The van der Waals surface area contributed by atoms with Gasteiger partial charge in [0.05, 0.1) is 12.8 Å². The number of benzene rings is 1. The summed E-state index contributed by atoms with van der Waals surface area (Å²) in [7, 11) is 0. The van der Waals surface area contributed by atoms with E-state index in [1.165, 1.54) is 0 Å². The van der Waals surface area contributed by atoms with Gasteiger partial charge in [-0.1, -0.05) is 13.8 Å². The molecule has 0 amide bonds. The molecule has 0 saturated carbocycles. The molecule has 0 atom stereocenters. The van der Waals surface area contributed by atoms with Crippen LogP contribution in [0.3, 0.4) is 0 Å². The molecule has 1 heterocycles. The van der Waals surface area contributed by atoms with Gasteiger partial charge in [0.2, 0.25) is 0 Å². The van der Waals surface area contributed by atoms with Gasteiger partial charge in [0.15, 0.2) is 5.76 Å². The molecule has 0 fully saturated rings. The Kier molecular flexibility index (Phi) is 3.32. The van der Waals surface area contributed by atoms with Crippen LogP contribution in [0.15, 0.2) is 34.9 Å². The van der Waals surface area contributed by atoms with Crippen molar-refractivity contribution in [3.05, 3.63) is 30.5 Å². The molecule has 90 valence electrons. The first-order valence-corrected chi connectivity index (χ1v) is 5.59. The lowest BCUT2D eigenvalue weighted by Crippen LogP contribution is -2.04. The quantitative estimate of drug-likeness (QED) is 0.880. The highest BCUT2D eigenvalue weighted by Crippen LogP contribution is 2.23. The maximum atomic E-state index is 5.59. The molecule has 0 bridgehead atoms. The van der Waals surface area contributed by atoms with Crippen LogP contribution in [0, 0.1) is 5.92 Å². The summed E-state index contributed by atoms with van der Waals surface area (Å²) in [5, 5.41) is 0. The van der Waals surface area contributed by atoms with Gasteiger partial charge in [0.1, 0.15) is 5.75 Å². The predicted molar refractivity (Wildman–Crippen MR) is 66.7 cm³/mol. The highest BCUT2D eigenvalue weighted by atomic mass is 16.5. The molecule has 0 aliphatic rings. The fraction of sp³-hybridized carbons (Fsp3) is 0.308. The summed E-state index contributed by atoms with van der Waals surface area (Å²) in [6.07, 6.45) is 1.61. The standard InChI is InChI=1S/C13H16N2O2/c1-9(2)8-16-11-5-3-10(4-6-11)12-7-15-13(14)17-12/h3-7,9H,8H2,1-2H3,(H2,14,15). The minimum Gasteiger partial charge on any atom is -0.493 e. The van der Waals surface area contributed by atoms with Crippen molar-refractivity contribution in [1.82, 2.24) is 4.98 Å². The summed E-state index contributed by atoms with van der Waals surface area (Å²) >= 11 is 0. The molecule has 2 aromatic rings. The van der Waals surface area contributed by atoms with Gasteiger partial charge in [0.25, 0.3) is 6.01 Å². The van der Waals surface area contributed by atoms with Crippen LogP contribution in [0.5, 0.6) is 5.75 Å². The predicted octanol–water partition coefficient (Wildman–Crippen LogP) is 2.96. The van der Waals surface area contributed by atoms with Crippen molar-refractivity contribution in [2.45, 2.75) is 13.8 Å². The molecule has 0 aliphatic carbocycles. The van der Waals surface area contributed by atoms with Crippen LogP contribution in [0.4, 0.5) is 6.01 Å². The third-order valence-corrected chi connectivity index (χ3v) is 2.25. The highest BCUT2D eigenvalue weighted by Gasteiger charge is 2.04. The zero-order valence-corrected chi connectivity index (χ0v) is 10.0. The molecular weight excluding hydrogens is 216 g/mol. The van der Waals surface area contributed by atoms with Crippen LogP contribution in [-0.2, 0) is 0 Å². The fourth-order valence-corrected chi connectivity index (χ4v) is 1.40. The first-order valence-electron chi connectivity index (χ1n) is 5.59. The van der Waals surface area contributed by atoms with Crippen LogP contribution in [0.1, 0.15) is 13.8 Å². The Morgan fingerprint density at radius 1 is 1.29 bits per heavy atom. The lowest BCUT2D eigenvalue weighted by atomic mass is 10.2. The van der Waals surface area contributed by atoms with E-state index in [9.17, 15) is 0 Å². The molecule has 1 aromatic carbocycles. The largest absolute Gasteiger partial charge is 0.493 e. The van der Waals surface area contributed by atoms with Gasteiger partial charge in [-0.25, -0.2) is 4.98 Å². The van der Waals surface area contributed by atoms with Crippen molar-refractivity contribution in [2.75, 3.05) is 12.3 Å². The van der Waals surface area contributed by atoms with Gasteiger partial charge in [-0.15, -0.1) is 0 Å². The summed E-state index contributed by atoms with van der Waals surface area (Å²) in [5.74, 6) is 2.04. The Hall–Kier alpha value is -1.97. The summed E-state index contributed by atoms with van der Waals surface area (Å²) in [6, 6.07) is 7.86. The number of nitrogens with two attached hydrogens (primary N) is 1. The summed E-state index contributed by atoms with van der Waals surface area (Å²) in [4.78, 5) is 3.85. The first-order chi connectivity index (χ1) is 8.15. The maximum Gasteiger partial charge on any atom is 0.292 e. The van der Waals surface area contributed by atoms with Gasteiger partial charge in [-0.2, -0.15) is 0 Å². The maximum absolute atomic E-state index is 5.59. The highest BCUT2D eigenvalue weighted by molar-refractivity contribution is 5.58. The molecule has 2 rings (SSSR count). The third kappa shape index (κ3) is 3.00. The molecule has 0 radical (unpaired) electrons. The summed E-state index contributed by atoms with van der Waals surface area (Å²) in [5.41, 5.74) is 6.36. The van der Waals surface area contributed by atoms with Crippen molar-refractivity contribution >= 4 is 6.01 Å². The molecule has 2 N–H and O–H groups in total. The fourth-order valence-electron chi connectivity index (χ4n) is 1.40. The number of nitrogen functional groups attached to an aromatic ring is 1. The van der Waals surface area contributed by atoms with Crippen molar-refractivity contribution < 1.29 is 9.15 Å². The van der Waals surface area contributed by atoms with Crippen molar-refractivity contribution in [3.8, 4) is 17.1 Å². The molecule has 0 unspecified atom stereocenters. The number of aromatic nitrogens is 1. The van der Waals surface area contributed by atoms with Crippen molar-refractivity contribution in [1.29, 1.82) is 0 Å². The normalized spacial score (nSPS) is 10.8. The smallest absolute Gasteiger partial charge is 0.292 e. The van der Waals surface area contributed by atoms with E-state index in [0.717, 1.165) is 11.3 Å². The Balaban J connectivity index is 2.07. The molecule has 0 saturated heterocycles. The van der Waals surface area contributed by atoms with Crippen molar-refractivity contribution in [2.24, 2.45) is 5.92 Å². The zero-order valence-electron chi connectivity index (χ0n) is 10.0. The van der Waals surface area contributed by atoms with Gasteiger partial charge in [0, 0.05) is 5.56 Å². The molecule has 0 aliphatic heterocycles. The summed E-state index contributed by atoms with van der Waals surface area (Å²) < 4.78 is 10.8. The van der Waals surface area contributed by atoms with Gasteiger partial charge in [-0.3, -0.25) is 0 Å². The number of anilines is 1. The lowest BCUT2D eigenvalue weighted by molar-refractivity contribution is 0.271. The number of hydrogen-bond acceptors (Lipinski definition) is 4. The minimum absolute atomic E-state index is 0.181. The number of nitrogens with zero attached hydrogens (tertiary/aromatic N) is 1. The molecule has 0 spiro atoms. The Morgan fingerprint density at radius 2 is 2.00 bits per heavy atom. The molecular formula is C13H16N2O2. The molecule has 1 aromatic heterocycles. The van der Waals surface area contributed by atoms with Crippen LogP contribution >= 0.6 is 0 Å². The summed E-state index contributed by atoms with van der Waals surface area (Å²) in [6.45, 7) is 4.95. The van der Waals surface area contributed by atoms with Crippen LogP contribution < -0.4 is 10.5 Å². The second-order valence-electron chi connectivity index (χ2n) is 4.29. The molecule has 4 heteroatoms. The number of hydrogen-bond donors (Lipinski definition) is 1. The molecule has 4 nitrogen and oxygen atoms in total. The Morgan fingerprint density at radius 3 is 2.53 bits per heavy atom. The van der Waals surface area contributed by atoms with E-state index < -0.39 is 0 Å². The zero-order chi connectivity index (χ0) is 12.3. The van der Waals surface area contributed by atoms with E-state index in [1.807, 2.05) is 24.3 Å². The van der Waals surface area contributed by atoms with Crippen molar-refractivity contribution in [3.63, 3.8) is 0 Å². The van der Waals surface area contributed by atoms with E-state index in [0.29, 0.717) is 18.3 Å². The Labute approximate surface area is 100 Å². The van der Waals surface area contributed by atoms with Crippen LogP contribution in [-0.4, -0.2) is 11.6 Å². The van der Waals surface area contributed by atoms with E-state index in [4.69, 9.17) is 14.9 Å². The number of ether oxygens (including phenoxy) is 1. The van der Waals surface area contributed by atoms with Gasteiger partial charge < -0.3 is 14.9 Å². The topological polar surface area (TPSA) is 61.3 Å². The number of rotatable bonds is 4. The average Bonchev–Trinajstić information content (AvgIpc) is 2.74. The van der Waals surface area contributed by atoms with Gasteiger partial charge in [-0.05, 0) is 30.2 Å². The minimum atomic E-state index is 0.181. The first kappa shape index (κ1) is 11.5. The second-order valence-corrected chi connectivity index (χ2v) is 4.29. The van der Waals surface area contributed by atoms with Gasteiger partial charge >= 0.3 is 0 Å². The number of oxazole rings is 1. The average molecular weight is 232 g/mol. The third-order valence-electron chi connectivity index (χ3n) is 2.25.